The summed E-state index contributed by atoms with van der Waals surface area (Å²) in [6, 6.07) is 1.29. The summed E-state index contributed by atoms with van der Waals surface area (Å²) in [5.41, 5.74) is -3.53. The number of aromatic nitrogens is 2. The highest BCUT2D eigenvalue weighted by Gasteiger charge is 2.37. The van der Waals surface area contributed by atoms with Crippen molar-refractivity contribution < 1.29 is 31.1 Å². The van der Waals surface area contributed by atoms with Gasteiger partial charge in [0.2, 0.25) is 5.91 Å². The van der Waals surface area contributed by atoms with E-state index in [2.05, 4.69) is 10.3 Å². The van der Waals surface area contributed by atoms with E-state index in [9.17, 15) is 31.1 Å². The molecule has 1 aliphatic carbocycles. The Morgan fingerprint density at radius 1 is 1.11 bits per heavy atom. The number of halogens is 6. The van der Waals surface area contributed by atoms with E-state index < -0.39 is 35.1 Å². The maximum Gasteiger partial charge on any atom is 0.416 e. The van der Waals surface area contributed by atoms with Gasteiger partial charge in [0.15, 0.2) is 5.16 Å². The summed E-state index contributed by atoms with van der Waals surface area (Å²) < 4.78 is 78.9. The first-order chi connectivity index (χ1) is 12.5. The number of hydrogen-bond acceptors (Lipinski definition) is 3. The van der Waals surface area contributed by atoms with Crippen LogP contribution in [-0.4, -0.2) is 21.2 Å². The summed E-state index contributed by atoms with van der Waals surface area (Å²) in [5, 5.41) is 2.67. The van der Waals surface area contributed by atoms with Crippen LogP contribution in [0.3, 0.4) is 0 Å². The highest BCUT2D eigenvalue weighted by molar-refractivity contribution is 7.99. The molecule has 11 heteroatoms. The molecule has 146 valence electrons. The molecule has 0 bridgehead atoms. The summed E-state index contributed by atoms with van der Waals surface area (Å²) in [6.07, 6.45) is -4.60. The second kappa shape index (κ2) is 7.10. The molecule has 1 aromatic heterocycles. The summed E-state index contributed by atoms with van der Waals surface area (Å²) in [6.45, 7) is 0. The van der Waals surface area contributed by atoms with Crippen molar-refractivity contribution in [2.75, 3.05) is 11.1 Å². The van der Waals surface area contributed by atoms with Crippen LogP contribution in [-0.2, 0) is 17.1 Å². The lowest BCUT2D eigenvalue weighted by Crippen LogP contribution is -2.17. The lowest BCUT2D eigenvalue weighted by molar-refractivity contribution is -0.143. The predicted molar refractivity (Wildman–Crippen MR) is 86.3 cm³/mol. The molecule has 2 aromatic rings. The molecular weight excluding hydrogens is 396 g/mol. The Kier molecular flexibility index (Phi) is 5.15. The molecule has 0 aliphatic heterocycles. The highest BCUT2D eigenvalue weighted by Crippen LogP contribution is 2.38. The molecule has 1 fully saturated rings. The number of thioether (sulfide) groups is 1. The van der Waals surface area contributed by atoms with Crippen LogP contribution in [0, 0.1) is 0 Å². The van der Waals surface area contributed by atoms with E-state index in [0.717, 1.165) is 24.6 Å². The summed E-state index contributed by atoms with van der Waals surface area (Å²) in [4.78, 5) is 16.1. The summed E-state index contributed by atoms with van der Waals surface area (Å²) in [5.74, 6) is -0.917. The van der Waals surface area contributed by atoms with Gasteiger partial charge in [0.05, 0.1) is 16.9 Å². The molecule has 1 saturated carbocycles. The van der Waals surface area contributed by atoms with Crippen LogP contribution in [0.1, 0.15) is 30.0 Å². The molecule has 3 rings (SSSR count). The molecular formula is C16H13F6N3OS. The van der Waals surface area contributed by atoms with Crippen LogP contribution < -0.4 is 5.32 Å². The van der Waals surface area contributed by atoms with E-state index >= 15 is 0 Å². The molecule has 27 heavy (non-hydrogen) atoms. The van der Waals surface area contributed by atoms with Crippen molar-refractivity contribution in [2.45, 2.75) is 36.4 Å². The number of alkyl halides is 6. The van der Waals surface area contributed by atoms with Gasteiger partial charge < -0.3 is 9.88 Å². The van der Waals surface area contributed by atoms with Gasteiger partial charge in [-0.2, -0.15) is 26.3 Å². The number of nitrogens with one attached hydrogen (secondary N) is 1. The van der Waals surface area contributed by atoms with Crippen LogP contribution in [0.4, 0.5) is 32.0 Å². The Morgan fingerprint density at radius 2 is 1.70 bits per heavy atom. The molecule has 1 aromatic carbocycles. The van der Waals surface area contributed by atoms with Crippen LogP contribution >= 0.6 is 11.8 Å². The van der Waals surface area contributed by atoms with Gasteiger partial charge in [-0.05, 0) is 31.0 Å². The third-order valence-corrected chi connectivity index (χ3v) is 4.76. The van der Waals surface area contributed by atoms with Crippen LogP contribution in [0.5, 0.6) is 0 Å². The van der Waals surface area contributed by atoms with Gasteiger partial charge in [-0.15, -0.1) is 0 Å². The fraction of sp³-hybridized carbons (Fsp3) is 0.375. The molecule has 0 atom stereocenters. The summed E-state index contributed by atoms with van der Waals surface area (Å²) in [7, 11) is 0. The van der Waals surface area contributed by atoms with Crippen molar-refractivity contribution in [1.29, 1.82) is 0 Å². The largest absolute Gasteiger partial charge is 0.416 e. The molecule has 1 amide bonds. The number of nitrogens with zero attached hydrogens (tertiary/aromatic N) is 2. The number of carbonyl (C=O) groups excluding carboxylic acids is 1. The first-order valence-corrected chi connectivity index (χ1v) is 8.77. The zero-order chi connectivity index (χ0) is 19.8. The van der Waals surface area contributed by atoms with E-state index in [-0.39, 0.29) is 11.8 Å². The number of anilines is 1. The zero-order valence-electron chi connectivity index (χ0n) is 13.6. The Bertz CT molecular complexity index is 809. The molecule has 1 N–H and O–H groups in total. The minimum Gasteiger partial charge on any atom is -0.325 e. The van der Waals surface area contributed by atoms with Crippen LogP contribution in [0.25, 0.3) is 0 Å². The molecule has 1 heterocycles. The average molecular weight is 409 g/mol. The van der Waals surface area contributed by atoms with Gasteiger partial charge >= 0.3 is 12.4 Å². The summed E-state index contributed by atoms with van der Waals surface area (Å²) >= 11 is 1.06. The average Bonchev–Trinajstić information content (AvgIpc) is 3.29. The Balaban J connectivity index is 1.71. The molecule has 0 spiro atoms. The number of imidazole rings is 1. The SMILES string of the molecule is O=C(CSc1nccn1C1CC1)Nc1cc(C(F)(F)F)cc(C(F)(F)F)c1. The standard InChI is InChI=1S/C16H13F6N3OS/c17-15(18,19)9-5-10(16(20,21)22)7-11(6-9)24-13(26)8-27-14-23-3-4-25(14)12-1-2-12/h3-7,12H,1-2,8H2,(H,24,26). The van der Waals surface area contributed by atoms with Gasteiger partial charge in [-0.1, -0.05) is 11.8 Å². The van der Waals surface area contributed by atoms with E-state index in [1.165, 1.54) is 0 Å². The monoisotopic (exact) mass is 409 g/mol. The van der Waals surface area contributed by atoms with E-state index in [0.29, 0.717) is 23.3 Å². The lowest BCUT2D eigenvalue weighted by atomic mass is 10.1. The van der Waals surface area contributed by atoms with E-state index in [1.807, 2.05) is 4.57 Å². The second-order valence-corrected chi connectivity index (χ2v) is 6.92. The third kappa shape index (κ3) is 4.96. The maximum atomic E-state index is 12.8. The van der Waals surface area contributed by atoms with Gasteiger partial charge in [0, 0.05) is 24.1 Å². The Morgan fingerprint density at radius 3 is 2.22 bits per heavy atom. The number of rotatable bonds is 5. The Hall–Kier alpha value is -2.17. The number of hydrogen-bond donors (Lipinski definition) is 1. The number of carbonyl (C=O) groups is 1. The van der Waals surface area contributed by atoms with Crippen molar-refractivity contribution in [2.24, 2.45) is 0 Å². The second-order valence-electron chi connectivity index (χ2n) is 5.98. The Labute approximate surface area is 154 Å². The fourth-order valence-electron chi connectivity index (χ4n) is 2.40. The minimum atomic E-state index is -4.97. The van der Waals surface area contributed by atoms with Crippen molar-refractivity contribution in [3.63, 3.8) is 0 Å². The van der Waals surface area contributed by atoms with E-state index in [4.69, 9.17) is 0 Å². The molecule has 1 aliphatic rings. The molecule has 0 radical (unpaired) electrons. The minimum absolute atomic E-state index is 0.0108. The quantitative estimate of drug-likeness (QED) is 0.559. The van der Waals surface area contributed by atoms with Crippen LogP contribution in [0.2, 0.25) is 0 Å². The molecule has 0 saturated heterocycles. The van der Waals surface area contributed by atoms with Crippen molar-refractivity contribution in [3.8, 4) is 0 Å². The van der Waals surface area contributed by atoms with E-state index in [1.54, 1.807) is 12.4 Å². The van der Waals surface area contributed by atoms with Crippen molar-refractivity contribution >= 4 is 23.4 Å². The first kappa shape index (κ1) is 19.6. The van der Waals surface area contributed by atoms with Crippen molar-refractivity contribution in [3.05, 3.63) is 41.7 Å². The van der Waals surface area contributed by atoms with Gasteiger partial charge in [-0.25, -0.2) is 4.98 Å². The predicted octanol–water partition coefficient (Wildman–Crippen LogP) is 4.99. The first-order valence-electron chi connectivity index (χ1n) is 7.79. The topological polar surface area (TPSA) is 46.9 Å². The van der Waals surface area contributed by atoms with Crippen molar-refractivity contribution in [1.82, 2.24) is 9.55 Å². The highest BCUT2D eigenvalue weighted by atomic mass is 32.2. The van der Waals surface area contributed by atoms with Gasteiger partial charge in [0.1, 0.15) is 0 Å². The van der Waals surface area contributed by atoms with Crippen LogP contribution in [0.15, 0.2) is 35.7 Å². The van der Waals surface area contributed by atoms with Gasteiger partial charge in [0.25, 0.3) is 0 Å². The smallest absolute Gasteiger partial charge is 0.325 e. The fourth-order valence-corrected chi connectivity index (χ4v) is 3.22. The maximum absolute atomic E-state index is 12.8. The third-order valence-electron chi connectivity index (χ3n) is 3.78. The molecule has 0 unspecified atom stereocenters. The lowest BCUT2D eigenvalue weighted by Gasteiger charge is -2.14. The normalized spacial score (nSPS) is 15.0. The van der Waals surface area contributed by atoms with Gasteiger partial charge in [-0.3, -0.25) is 4.79 Å². The molecule has 4 nitrogen and oxygen atoms in total. The zero-order valence-corrected chi connectivity index (χ0v) is 14.4. The number of benzene rings is 1. The number of amides is 1.